The van der Waals surface area contributed by atoms with Crippen LogP contribution in [-0.2, 0) is 6.42 Å². The Hall–Kier alpha value is -2.17. The summed E-state index contributed by atoms with van der Waals surface area (Å²) in [5, 5.41) is 3.25. The van der Waals surface area contributed by atoms with E-state index in [0.717, 1.165) is 17.7 Å². The number of nitrogens with zero attached hydrogens (tertiary/aromatic N) is 2. The minimum Gasteiger partial charge on any atom is -0.478 e. The molecule has 0 amide bonds. The highest BCUT2D eigenvalue weighted by molar-refractivity contribution is 5.32. The van der Waals surface area contributed by atoms with Gasteiger partial charge in [0.15, 0.2) is 0 Å². The summed E-state index contributed by atoms with van der Waals surface area (Å²) in [7, 11) is 0. The van der Waals surface area contributed by atoms with E-state index in [1.807, 2.05) is 20.8 Å². The van der Waals surface area contributed by atoms with E-state index >= 15 is 0 Å². The van der Waals surface area contributed by atoms with Crippen molar-refractivity contribution in [2.45, 2.75) is 33.2 Å². The van der Waals surface area contributed by atoms with Gasteiger partial charge in [-0.05, 0) is 44.9 Å². The number of nitrogens with one attached hydrogen (secondary N) is 1. The van der Waals surface area contributed by atoms with Crippen LogP contribution in [0.15, 0.2) is 30.3 Å². The number of rotatable bonds is 6. The number of hydrogen-bond acceptors (Lipinski definition) is 4. The summed E-state index contributed by atoms with van der Waals surface area (Å²) in [5.41, 5.74) is 1.92. The molecule has 21 heavy (non-hydrogen) atoms. The van der Waals surface area contributed by atoms with Crippen molar-refractivity contribution < 1.29 is 9.13 Å². The van der Waals surface area contributed by atoms with Crippen molar-refractivity contribution in [1.82, 2.24) is 9.97 Å². The van der Waals surface area contributed by atoms with Crippen LogP contribution in [0.4, 0.5) is 10.3 Å². The van der Waals surface area contributed by atoms with Gasteiger partial charge in [0.2, 0.25) is 11.8 Å². The van der Waals surface area contributed by atoms with Crippen LogP contribution in [-0.4, -0.2) is 22.6 Å². The van der Waals surface area contributed by atoms with Crippen molar-refractivity contribution in [3.8, 4) is 5.88 Å². The lowest BCUT2D eigenvalue weighted by atomic mass is 10.1. The molecule has 1 aromatic carbocycles. The smallest absolute Gasteiger partial charge is 0.226 e. The molecule has 4 nitrogen and oxygen atoms in total. The Morgan fingerprint density at radius 3 is 2.62 bits per heavy atom. The number of hydrogen-bond donors (Lipinski definition) is 1. The van der Waals surface area contributed by atoms with Gasteiger partial charge >= 0.3 is 0 Å². The molecule has 5 heteroatoms. The number of ether oxygens (including phenoxy) is 1. The number of benzene rings is 1. The predicted molar refractivity (Wildman–Crippen MR) is 81.1 cm³/mol. The largest absolute Gasteiger partial charge is 0.478 e. The van der Waals surface area contributed by atoms with Gasteiger partial charge in [0.1, 0.15) is 5.82 Å². The van der Waals surface area contributed by atoms with Crippen LogP contribution in [0, 0.1) is 12.7 Å². The molecule has 2 rings (SSSR count). The highest BCUT2D eigenvalue weighted by atomic mass is 19.1. The molecule has 0 spiro atoms. The third kappa shape index (κ3) is 4.70. The highest BCUT2D eigenvalue weighted by Crippen LogP contribution is 2.14. The summed E-state index contributed by atoms with van der Waals surface area (Å²) >= 11 is 0. The molecule has 0 aliphatic heterocycles. The van der Waals surface area contributed by atoms with E-state index in [4.69, 9.17) is 4.74 Å². The molecule has 2 aromatic rings. The van der Waals surface area contributed by atoms with E-state index < -0.39 is 0 Å². The third-order valence-electron chi connectivity index (χ3n) is 2.95. The SMILES string of the molecule is CCOc1cc(C)nc(NC(C)Cc2ccc(F)cc2)n1. The molecule has 1 unspecified atom stereocenters. The fourth-order valence-electron chi connectivity index (χ4n) is 2.07. The van der Waals surface area contributed by atoms with Gasteiger partial charge in [-0.2, -0.15) is 4.98 Å². The summed E-state index contributed by atoms with van der Waals surface area (Å²) in [6, 6.07) is 8.45. The van der Waals surface area contributed by atoms with Crippen molar-refractivity contribution in [3.05, 3.63) is 47.4 Å². The summed E-state index contributed by atoms with van der Waals surface area (Å²) in [6.45, 7) is 6.43. The van der Waals surface area contributed by atoms with Gasteiger partial charge in [0, 0.05) is 17.8 Å². The molecule has 0 radical (unpaired) electrons. The summed E-state index contributed by atoms with van der Waals surface area (Å²) in [5.74, 6) is 0.900. The topological polar surface area (TPSA) is 47.0 Å². The van der Waals surface area contributed by atoms with Crippen LogP contribution in [0.25, 0.3) is 0 Å². The molecule has 0 aliphatic carbocycles. The van der Waals surface area contributed by atoms with Crippen LogP contribution in [0.3, 0.4) is 0 Å². The van der Waals surface area contributed by atoms with Gasteiger partial charge in [-0.15, -0.1) is 0 Å². The molecule has 1 N–H and O–H groups in total. The highest BCUT2D eigenvalue weighted by Gasteiger charge is 2.08. The Kier molecular flexibility index (Phi) is 5.09. The second kappa shape index (κ2) is 7.02. The molecule has 0 fully saturated rings. The van der Waals surface area contributed by atoms with Crippen LogP contribution in [0.5, 0.6) is 5.88 Å². The average molecular weight is 289 g/mol. The van der Waals surface area contributed by atoms with E-state index in [1.54, 1.807) is 18.2 Å². The van der Waals surface area contributed by atoms with Crippen molar-refractivity contribution in [3.63, 3.8) is 0 Å². The zero-order valence-electron chi connectivity index (χ0n) is 12.6. The lowest BCUT2D eigenvalue weighted by Crippen LogP contribution is -2.20. The molecular formula is C16H20FN3O. The summed E-state index contributed by atoms with van der Waals surface area (Å²) in [6.07, 6.45) is 0.765. The van der Waals surface area contributed by atoms with Gasteiger partial charge in [-0.25, -0.2) is 9.37 Å². The fourth-order valence-corrected chi connectivity index (χ4v) is 2.07. The Labute approximate surface area is 124 Å². The zero-order valence-corrected chi connectivity index (χ0v) is 12.6. The maximum absolute atomic E-state index is 12.9. The minimum absolute atomic E-state index is 0.131. The first kappa shape index (κ1) is 15.2. The fraction of sp³-hybridized carbons (Fsp3) is 0.375. The second-order valence-electron chi connectivity index (χ2n) is 4.98. The molecule has 0 saturated carbocycles. The standard InChI is InChI=1S/C16H20FN3O/c1-4-21-15-10-12(3)19-16(20-15)18-11(2)9-13-5-7-14(17)8-6-13/h5-8,10-11H,4,9H2,1-3H3,(H,18,19,20). The average Bonchev–Trinajstić information content (AvgIpc) is 2.41. The normalized spacial score (nSPS) is 12.0. The van der Waals surface area contributed by atoms with E-state index in [1.165, 1.54) is 12.1 Å². The van der Waals surface area contributed by atoms with Gasteiger partial charge in [-0.3, -0.25) is 0 Å². The lowest BCUT2D eigenvalue weighted by Gasteiger charge is -2.15. The number of anilines is 1. The Balaban J connectivity index is 2.01. The number of halogens is 1. The van der Waals surface area contributed by atoms with Crippen LogP contribution in [0.1, 0.15) is 25.1 Å². The monoisotopic (exact) mass is 289 g/mol. The van der Waals surface area contributed by atoms with Crippen molar-refractivity contribution >= 4 is 5.95 Å². The van der Waals surface area contributed by atoms with Crippen molar-refractivity contribution in [2.75, 3.05) is 11.9 Å². The van der Waals surface area contributed by atoms with Crippen LogP contribution in [0.2, 0.25) is 0 Å². The van der Waals surface area contributed by atoms with E-state index in [-0.39, 0.29) is 11.9 Å². The van der Waals surface area contributed by atoms with Crippen molar-refractivity contribution in [2.24, 2.45) is 0 Å². The maximum Gasteiger partial charge on any atom is 0.226 e. The molecule has 0 bridgehead atoms. The summed E-state index contributed by atoms with van der Waals surface area (Å²) in [4.78, 5) is 8.66. The second-order valence-corrected chi connectivity index (χ2v) is 4.98. The molecule has 1 heterocycles. The molecule has 0 saturated heterocycles. The first-order valence-corrected chi connectivity index (χ1v) is 7.06. The Bertz CT molecular complexity index is 587. The number of aryl methyl sites for hydroxylation is 1. The van der Waals surface area contributed by atoms with Gasteiger partial charge < -0.3 is 10.1 Å². The number of aromatic nitrogens is 2. The molecule has 1 atom stereocenters. The Morgan fingerprint density at radius 2 is 1.95 bits per heavy atom. The van der Waals surface area contributed by atoms with E-state index in [9.17, 15) is 4.39 Å². The van der Waals surface area contributed by atoms with E-state index in [2.05, 4.69) is 15.3 Å². The van der Waals surface area contributed by atoms with Gasteiger partial charge in [0.25, 0.3) is 0 Å². The maximum atomic E-state index is 12.9. The molecule has 112 valence electrons. The molecule has 1 aromatic heterocycles. The predicted octanol–water partition coefficient (Wildman–Crippen LogP) is 3.37. The third-order valence-corrected chi connectivity index (χ3v) is 2.95. The van der Waals surface area contributed by atoms with Crippen LogP contribution >= 0.6 is 0 Å². The van der Waals surface area contributed by atoms with Gasteiger partial charge in [-0.1, -0.05) is 12.1 Å². The van der Waals surface area contributed by atoms with Crippen LogP contribution < -0.4 is 10.1 Å². The minimum atomic E-state index is -0.220. The van der Waals surface area contributed by atoms with Gasteiger partial charge in [0.05, 0.1) is 6.61 Å². The first-order valence-electron chi connectivity index (χ1n) is 7.06. The van der Waals surface area contributed by atoms with E-state index in [0.29, 0.717) is 18.4 Å². The first-order chi connectivity index (χ1) is 10.1. The summed E-state index contributed by atoms with van der Waals surface area (Å²) < 4.78 is 18.3. The lowest BCUT2D eigenvalue weighted by molar-refractivity contribution is 0.326. The molecular weight excluding hydrogens is 269 g/mol. The Morgan fingerprint density at radius 1 is 1.24 bits per heavy atom. The van der Waals surface area contributed by atoms with Crippen molar-refractivity contribution in [1.29, 1.82) is 0 Å². The zero-order chi connectivity index (χ0) is 15.2. The molecule has 0 aliphatic rings. The quantitative estimate of drug-likeness (QED) is 0.885.